The van der Waals surface area contributed by atoms with Crippen molar-refractivity contribution in [3.05, 3.63) is 4.77 Å². The zero-order valence-corrected chi connectivity index (χ0v) is 12.0. The summed E-state index contributed by atoms with van der Waals surface area (Å²) in [6, 6.07) is 0. The maximum atomic E-state index is 5.22. The molecule has 0 atom stereocenters. The van der Waals surface area contributed by atoms with E-state index in [-0.39, 0.29) is 0 Å². The average molecular weight is 257 g/mol. The lowest BCUT2D eigenvalue weighted by Gasteiger charge is -2.24. The second-order valence-corrected chi connectivity index (χ2v) is 4.75. The first kappa shape index (κ1) is 14.2. The van der Waals surface area contributed by atoms with Gasteiger partial charge in [-0.3, -0.25) is 4.57 Å². The Kier molecular flexibility index (Phi) is 5.64. The minimum Gasteiger partial charge on any atom is -0.340 e. The molecule has 0 saturated carbocycles. The number of aromatic nitrogens is 3. The molecule has 0 aliphatic heterocycles. The number of hydrogen-bond acceptors (Lipinski definition) is 4. The van der Waals surface area contributed by atoms with Gasteiger partial charge in [0.15, 0.2) is 4.77 Å². The molecule has 0 bridgehead atoms. The van der Waals surface area contributed by atoms with Gasteiger partial charge in [-0.15, -0.1) is 5.10 Å². The van der Waals surface area contributed by atoms with Crippen LogP contribution in [0.5, 0.6) is 0 Å². The first-order valence-corrected chi connectivity index (χ1v) is 6.55. The Hall–Kier alpha value is -0.880. The highest BCUT2D eigenvalue weighted by atomic mass is 32.1. The van der Waals surface area contributed by atoms with Crippen LogP contribution in [0.25, 0.3) is 0 Å². The quantitative estimate of drug-likeness (QED) is 0.755. The maximum Gasteiger partial charge on any atom is 0.225 e. The fourth-order valence-corrected chi connectivity index (χ4v) is 1.99. The summed E-state index contributed by atoms with van der Waals surface area (Å²) in [6.45, 7) is 8.12. The molecule has 0 fully saturated rings. The van der Waals surface area contributed by atoms with E-state index in [4.69, 9.17) is 12.2 Å². The zero-order valence-electron chi connectivity index (χ0n) is 11.2. The smallest absolute Gasteiger partial charge is 0.225 e. The number of rotatable bonds is 7. The third kappa shape index (κ3) is 3.81. The van der Waals surface area contributed by atoms with E-state index in [9.17, 15) is 0 Å². The normalized spacial score (nSPS) is 11.1. The van der Waals surface area contributed by atoms with Gasteiger partial charge in [0.2, 0.25) is 5.95 Å². The molecular formula is C11H23N5S. The molecule has 0 aromatic carbocycles. The predicted molar refractivity (Wildman–Crippen MR) is 74.1 cm³/mol. The van der Waals surface area contributed by atoms with E-state index in [1.807, 2.05) is 4.57 Å². The molecule has 1 aromatic heterocycles. The van der Waals surface area contributed by atoms with Crippen molar-refractivity contribution in [2.75, 3.05) is 38.6 Å². The van der Waals surface area contributed by atoms with Crippen LogP contribution in [0.4, 0.5) is 5.95 Å². The lowest BCUT2D eigenvalue weighted by Crippen LogP contribution is -2.34. The molecule has 98 valence electrons. The van der Waals surface area contributed by atoms with E-state index in [0.29, 0.717) is 4.77 Å². The van der Waals surface area contributed by atoms with Crippen LogP contribution in [0.2, 0.25) is 0 Å². The van der Waals surface area contributed by atoms with Gasteiger partial charge in [0.25, 0.3) is 0 Å². The van der Waals surface area contributed by atoms with Gasteiger partial charge in [0, 0.05) is 26.2 Å². The number of likely N-dealkylation sites (N-methyl/N-ethyl adjacent to an activating group) is 1. The van der Waals surface area contributed by atoms with Crippen molar-refractivity contribution in [1.29, 1.82) is 0 Å². The van der Waals surface area contributed by atoms with Crippen molar-refractivity contribution < 1.29 is 0 Å². The second kappa shape index (κ2) is 6.76. The molecule has 0 amide bonds. The largest absolute Gasteiger partial charge is 0.340 e. The third-order valence-corrected chi connectivity index (χ3v) is 2.96. The Bertz CT molecular complexity index is 381. The summed E-state index contributed by atoms with van der Waals surface area (Å²) in [5.74, 6) is 0.959. The number of H-pyrrole nitrogens is 1. The molecule has 5 nitrogen and oxygen atoms in total. The minimum absolute atomic E-state index is 0.702. The maximum absolute atomic E-state index is 5.22. The van der Waals surface area contributed by atoms with Crippen molar-refractivity contribution in [3.63, 3.8) is 0 Å². The van der Waals surface area contributed by atoms with Crippen LogP contribution in [0.15, 0.2) is 0 Å². The van der Waals surface area contributed by atoms with Crippen LogP contribution in [-0.2, 0) is 6.54 Å². The van der Waals surface area contributed by atoms with Gasteiger partial charge in [0.1, 0.15) is 0 Å². The summed E-state index contributed by atoms with van der Waals surface area (Å²) in [7, 11) is 4.17. The van der Waals surface area contributed by atoms with E-state index < -0.39 is 0 Å². The molecule has 0 radical (unpaired) electrons. The van der Waals surface area contributed by atoms with E-state index in [2.05, 4.69) is 47.9 Å². The Morgan fingerprint density at radius 2 is 1.94 bits per heavy atom. The summed E-state index contributed by atoms with van der Waals surface area (Å²) in [4.78, 5) is 4.47. The highest BCUT2D eigenvalue weighted by Gasteiger charge is 2.13. The predicted octanol–water partition coefficient (Wildman–Crippen LogP) is 1.74. The molecule has 0 saturated heterocycles. The first-order valence-electron chi connectivity index (χ1n) is 6.15. The number of hydrogen-bond donors (Lipinski definition) is 1. The van der Waals surface area contributed by atoms with Gasteiger partial charge in [0.05, 0.1) is 0 Å². The van der Waals surface area contributed by atoms with Crippen molar-refractivity contribution >= 4 is 18.2 Å². The molecule has 1 N–H and O–H groups in total. The highest BCUT2D eigenvalue weighted by molar-refractivity contribution is 7.71. The van der Waals surface area contributed by atoms with Crippen LogP contribution in [0, 0.1) is 4.77 Å². The fraction of sp³-hybridized carbons (Fsp3) is 0.818. The van der Waals surface area contributed by atoms with Crippen LogP contribution >= 0.6 is 12.2 Å². The fourth-order valence-electron chi connectivity index (χ4n) is 1.74. The second-order valence-electron chi connectivity index (χ2n) is 4.36. The third-order valence-electron chi connectivity index (χ3n) is 2.65. The van der Waals surface area contributed by atoms with Gasteiger partial charge in [-0.05, 0) is 39.7 Å². The summed E-state index contributed by atoms with van der Waals surface area (Å²) < 4.78 is 2.74. The minimum atomic E-state index is 0.702. The monoisotopic (exact) mass is 257 g/mol. The summed E-state index contributed by atoms with van der Waals surface area (Å²) in [5, 5.41) is 7.21. The van der Waals surface area contributed by atoms with Crippen LogP contribution in [0.3, 0.4) is 0 Å². The number of anilines is 1. The lowest BCUT2D eigenvalue weighted by atomic mass is 10.4. The molecule has 0 aliphatic carbocycles. The Labute approximate surface area is 108 Å². The summed E-state index contributed by atoms with van der Waals surface area (Å²) in [6.07, 6.45) is 1.11. The Morgan fingerprint density at radius 3 is 2.47 bits per heavy atom. The van der Waals surface area contributed by atoms with Gasteiger partial charge < -0.3 is 9.80 Å². The van der Waals surface area contributed by atoms with Crippen molar-refractivity contribution in [3.8, 4) is 0 Å². The Balaban J connectivity index is 2.84. The van der Waals surface area contributed by atoms with Crippen molar-refractivity contribution in [1.82, 2.24) is 19.7 Å². The van der Waals surface area contributed by atoms with Gasteiger partial charge in [-0.1, -0.05) is 6.92 Å². The molecule has 17 heavy (non-hydrogen) atoms. The van der Waals surface area contributed by atoms with E-state index in [1.165, 1.54) is 0 Å². The van der Waals surface area contributed by atoms with E-state index in [0.717, 1.165) is 38.5 Å². The molecule has 0 spiro atoms. The van der Waals surface area contributed by atoms with E-state index >= 15 is 0 Å². The molecule has 0 unspecified atom stereocenters. The van der Waals surface area contributed by atoms with Crippen LogP contribution < -0.4 is 4.90 Å². The van der Waals surface area contributed by atoms with Gasteiger partial charge >= 0.3 is 0 Å². The lowest BCUT2D eigenvalue weighted by molar-refractivity contribution is 0.410. The van der Waals surface area contributed by atoms with Crippen molar-refractivity contribution in [2.24, 2.45) is 0 Å². The number of nitrogens with one attached hydrogen (secondary N) is 1. The van der Waals surface area contributed by atoms with Crippen LogP contribution in [-0.4, -0.2) is 53.4 Å². The molecule has 1 rings (SSSR count). The molecule has 1 aromatic rings. The molecule has 0 aliphatic rings. The van der Waals surface area contributed by atoms with Gasteiger partial charge in [-0.2, -0.15) is 0 Å². The standard InChI is InChI=1S/C11H23N5S/c1-5-7-15(9-8-14(3)4)10-12-13-11(17)16(10)6-2/h5-9H2,1-4H3,(H,13,17). The average Bonchev–Trinajstić information content (AvgIpc) is 2.65. The topological polar surface area (TPSA) is 40.1 Å². The molecular weight excluding hydrogens is 234 g/mol. The summed E-state index contributed by atoms with van der Waals surface area (Å²) >= 11 is 5.22. The van der Waals surface area contributed by atoms with Crippen LogP contribution in [0.1, 0.15) is 20.3 Å². The molecule has 6 heteroatoms. The number of nitrogens with zero attached hydrogens (tertiary/aromatic N) is 4. The highest BCUT2D eigenvalue weighted by Crippen LogP contribution is 2.11. The van der Waals surface area contributed by atoms with Crippen molar-refractivity contribution in [2.45, 2.75) is 26.8 Å². The molecule has 1 heterocycles. The number of aromatic amines is 1. The first-order chi connectivity index (χ1) is 8.10. The SMILES string of the molecule is CCCN(CCN(C)C)c1n[nH]c(=S)n1CC. The zero-order chi connectivity index (χ0) is 12.8. The summed E-state index contributed by atoms with van der Waals surface area (Å²) in [5.41, 5.74) is 0. The van der Waals surface area contributed by atoms with E-state index in [1.54, 1.807) is 0 Å². The van der Waals surface area contributed by atoms with Gasteiger partial charge in [-0.25, -0.2) is 5.10 Å². The Morgan fingerprint density at radius 1 is 1.24 bits per heavy atom.